The van der Waals surface area contributed by atoms with E-state index in [4.69, 9.17) is 0 Å². The van der Waals surface area contributed by atoms with Gasteiger partial charge in [-0.05, 0) is 36.6 Å². The molecule has 30 heavy (non-hydrogen) atoms. The summed E-state index contributed by atoms with van der Waals surface area (Å²) in [4.78, 5) is 30.0. The number of aryl methyl sites for hydroxylation is 1. The van der Waals surface area contributed by atoms with E-state index in [0.717, 1.165) is 42.1 Å². The molecule has 1 aliphatic rings. The Balaban J connectivity index is 1.57. The molecule has 0 spiro atoms. The van der Waals surface area contributed by atoms with Crippen LogP contribution in [0.15, 0.2) is 55.0 Å². The van der Waals surface area contributed by atoms with Crippen molar-refractivity contribution in [1.82, 2.24) is 14.9 Å². The summed E-state index contributed by atoms with van der Waals surface area (Å²) in [5, 5.41) is 7.08. The van der Waals surface area contributed by atoms with Crippen molar-refractivity contribution in [2.24, 2.45) is 13.0 Å². The van der Waals surface area contributed by atoms with Crippen LogP contribution in [0.2, 0.25) is 0 Å². The first-order chi connectivity index (χ1) is 14.6. The van der Waals surface area contributed by atoms with E-state index >= 15 is 0 Å². The van der Waals surface area contributed by atoms with E-state index in [1.54, 1.807) is 24.5 Å². The average molecular weight is 405 g/mol. The fourth-order valence-corrected chi connectivity index (χ4v) is 4.34. The van der Waals surface area contributed by atoms with Crippen LogP contribution in [-0.4, -0.2) is 27.4 Å². The highest BCUT2D eigenvalue weighted by Crippen LogP contribution is 2.25. The van der Waals surface area contributed by atoms with Crippen LogP contribution >= 0.6 is 0 Å². The molecule has 3 aromatic rings. The number of carbonyl (C=O) groups is 2. The monoisotopic (exact) mass is 404 g/mol. The largest absolute Gasteiger partial charge is 0.350 e. The third-order valence-electron chi connectivity index (χ3n) is 5.96. The minimum Gasteiger partial charge on any atom is -0.350 e. The molecule has 2 N–H and O–H groups in total. The second-order valence-electron chi connectivity index (χ2n) is 8.11. The van der Waals surface area contributed by atoms with Gasteiger partial charge in [-0.1, -0.05) is 37.5 Å². The molecular weight excluding hydrogens is 376 g/mol. The molecule has 1 atom stereocenters. The van der Waals surface area contributed by atoms with Crippen LogP contribution in [0.25, 0.3) is 10.9 Å². The van der Waals surface area contributed by atoms with Crippen molar-refractivity contribution < 1.29 is 9.59 Å². The SMILES string of the molecule is Cn1cc(CC(NC(=O)C2CCCCC2)C(=O)Nc2ccncc2)c2ccccc21. The fourth-order valence-electron chi connectivity index (χ4n) is 4.34. The number of hydrogen-bond acceptors (Lipinski definition) is 3. The molecule has 4 rings (SSSR count). The Morgan fingerprint density at radius 1 is 1.10 bits per heavy atom. The summed E-state index contributed by atoms with van der Waals surface area (Å²) in [6.45, 7) is 0. The van der Waals surface area contributed by atoms with E-state index in [2.05, 4.69) is 32.3 Å². The number of anilines is 1. The van der Waals surface area contributed by atoms with Crippen molar-refractivity contribution in [3.63, 3.8) is 0 Å². The number of pyridine rings is 1. The van der Waals surface area contributed by atoms with Crippen LogP contribution in [-0.2, 0) is 23.1 Å². The van der Waals surface area contributed by atoms with Gasteiger partial charge in [-0.2, -0.15) is 0 Å². The topological polar surface area (TPSA) is 76.0 Å². The highest BCUT2D eigenvalue weighted by molar-refractivity contribution is 5.98. The zero-order valence-electron chi connectivity index (χ0n) is 17.3. The van der Waals surface area contributed by atoms with E-state index in [-0.39, 0.29) is 17.7 Å². The van der Waals surface area contributed by atoms with Crippen LogP contribution in [0.3, 0.4) is 0 Å². The first kappa shape index (κ1) is 20.1. The minimum absolute atomic E-state index is 0.00231. The quantitative estimate of drug-likeness (QED) is 0.656. The van der Waals surface area contributed by atoms with Crippen LogP contribution in [0.4, 0.5) is 5.69 Å². The zero-order chi connectivity index (χ0) is 20.9. The maximum atomic E-state index is 13.1. The van der Waals surface area contributed by atoms with Crippen molar-refractivity contribution in [2.75, 3.05) is 5.32 Å². The van der Waals surface area contributed by atoms with E-state index in [1.807, 2.05) is 25.4 Å². The maximum Gasteiger partial charge on any atom is 0.247 e. The van der Waals surface area contributed by atoms with Gasteiger partial charge in [-0.25, -0.2) is 0 Å². The third-order valence-corrected chi connectivity index (χ3v) is 5.96. The van der Waals surface area contributed by atoms with E-state index in [9.17, 15) is 9.59 Å². The number of nitrogens with one attached hydrogen (secondary N) is 2. The van der Waals surface area contributed by atoms with Crippen LogP contribution in [0, 0.1) is 5.92 Å². The van der Waals surface area contributed by atoms with Gasteiger partial charge in [0, 0.05) is 54.6 Å². The molecule has 156 valence electrons. The lowest BCUT2D eigenvalue weighted by Gasteiger charge is -2.24. The Morgan fingerprint density at radius 2 is 1.83 bits per heavy atom. The summed E-state index contributed by atoms with van der Waals surface area (Å²) in [5.74, 6) is -0.217. The van der Waals surface area contributed by atoms with Crippen LogP contribution < -0.4 is 10.6 Å². The molecule has 2 amide bonds. The number of benzene rings is 1. The van der Waals surface area contributed by atoms with Gasteiger partial charge in [0.25, 0.3) is 0 Å². The van der Waals surface area contributed by atoms with Gasteiger partial charge in [0.15, 0.2) is 0 Å². The standard InChI is InChI=1S/C24H28N4O2/c1-28-16-18(20-9-5-6-10-22(20)28)15-21(24(30)26-19-11-13-25-14-12-19)27-23(29)17-7-3-2-4-8-17/h5-6,9-14,16-17,21H,2-4,7-8,15H2,1H3,(H,27,29)(H,25,26,30). The van der Waals surface area contributed by atoms with Crippen molar-refractivity contribution in [3.8, 4) is 0 Å². The predicted octanol–water partition coefficient (Wildman–Crippen LogP) is 3.82. The molecule has 1 aliphatic carbocycles. The lowest BCUT2D eigenvalue weighted by Crippen LogP contribution is -2.47. The first-order valence-corrected chi connectivity index (χ1v) is 10.7. The molecular formula is C24H28N4O2. The molecule has 6 nitrogen and oxygen atoms in total. The third kappa shape index (κ3) is 4.53. The number of hydrogen-bond donors (Lipinski definition) is 2. The number of nitrogens with zero attached hydrogens (tertiary/aromatic N) is 2. The van der Waals surface area contributed by atoms with Crippen molar-refractivity contribution in [2.45, 2.75) is 44.6 Å². The molecule has 1 aromatic carbocycles. The van der Waals surface area contributed by atoms with Gasteiger partial charge in [0.1, 0.15) is 6.04 Å². The number of rotatable bonds is 6. The molecule has 1 unspecified atom stereocenters. The van der Waals surface area contributed by atoms with Crippen molar-refractivity contribution in [3.05, 3.63) is 60.6 Å². The van der Waals surface area contributed by atoms with Crippen molar-refractivity contribution in [1.29, 1.82) is 0 Å². The Morgan fingerprint density at radius 3 is 2.60 bits per heavy atom. The lowest BCUT2D eigenvalue weighted by atomic mass is 9.88. The van der Waals surface area contributed by atoms with Gasteiger partial charge in [0.05, 0.1) is 0 Å². The maximum absolute atomic E-state index is 13.1. The van der Waals surface area contributed by atoms with Crippen LogP contribution in [0.5, 0.6) is 0 Å². The molecule has 0 radical (unpaired) electrons. The molecule has 1 saturated carbocycles. The molecule has 2 aromatic heterocycles. The Kier molecular flexibility index (Phi) is 6.12. The predicted molar refractivity (Wildman–Crippen MR) is 118 cm³/mol. The molecule has 0 bridgehead atoms. The minimum atomic E-state index is -0.640. The number of aromatic nitrogens is 2. The van der Waals surface area contributed by atoms with Gasteiger partial charge in [-0.3, -0.25) is 14.6 Å². The molecule has 2 heterocycles. The average Bonchev–Trinajstić information content (AvgIpc) is 3.10. The Hall–Kier alpha value is -3.15. The summed E-state index contributed by atoms with van der Waals surface area (Å²) < 4.78 is 2.06. The number of carbonyl (C=O) groups excluding carboxylic acids is 2. The number of amides is 2. The van der Waals surface area contributed by atoms with Gasteiger partial charge in [0.2, 0.25) is 11.8 Å². The summed E-state index contributed by atoms with van der Waals surface area (Å²) in [5.41, 5.74) is 2.83. The summed E-state index contributed by atoms with van der Waals surface area (Å²) in [7, 11) is 2.00. The fraction of sp³-hybridized carbons (Fsp3) is 0.375. The number of para-hydroxylation sites is 1. The lowest BCUT2D eigenvalue weighted by molar-refractivity contribution is -0.130. The Bertz CT molecular complexity index is 1020. The number of fused-ring (bicyclic) bond motifs is 1. The zero-order valence-corrected chi connectivity index (χ0v) is 17.3. The first-order valence-electron chi connectivity index (χ1n) is 10.7. The van der Waals surface area contributed by atoms with Crippen LogP contribution in [0.1, 0.15) is 37.7 Å². The van der Waals surface area contributed by atoms with E-state index < -0.39 is 6.04 Å². The molecule has 1 fully saturated rings. The molecule has 0 aliphatic heterocycles. The van der Waals surface area contributed by atoms with Gasteiger partial charge in [-0.15, -0.1) is 0 Å². The van der Waals surface area contributed by atoms with Crippen molar-refractivity contribution >= 4 is 28.4 Å². The van der Waals surface area contributed by atoms with Gasteiger partial charge >= 0.3 is 0 Å². The summed E-state index contributed by atoms with van der Waals surface area (Å²) in [6, 6.07) is 11.0. The molecule has 6 heteroatoms. The highest BCUT2D eigenvalue weighted by Gasteiger charge is 2.27. The van der Waals surface area contributed by atoms with E-state index in [1.165, 1.54) is 6.42 Å². The second-order valence-corrected chi connectivity index (χ2v) is 8.11. The highest BCUT2D eigenvalue weighted by atomic mass is 16.2. The second kappa shape index (κ2) is 9.11. The van der Waals surface area contributed by atoms with Gasteiger partial charge < -0.3 is 15.2 Å². The summed E-state index contributed by atoms with van der Waals surface area (Å²) >= 11 is 0. The smallest absolute Gasteiger partial charge is 0.247 e. The molecule has 0 saturated heterocycles. The Labute approximate surface area is 176 Å². The normalized spacial score (nSPS) is 15.6. The summed E-state index contributed by atoms with van der Waals surface area (Å²) in [6.07, 6.45) is 10.9. The van der Waals surface area contributed by atoms with E-state index in [0.29, 0.717) is 12.1 Å².